The second-order valence-corrected chi connectivity index (χ2v) is 6.56. The Bertz CT molecular complexity index is 1180. The van der Waals surface area contributed by atoms with Gasteiger partial charge in [-0.25, -0.2) is 4.98 Å². The first kappa shape index (κ1) is 19.4. The number of anilines is 3. The highest BCUT2D eigenvalue weighted by Crippen LogP contribution is 2.32. The maximum atomic E-state index is 6.24. The molecule has 7 heteroatoms. The predicted molar refractivity (Wildman–Crippen MR) is 119 cm³/mol. The molecule has 152 valence electrons. The number of rotatable bonds is 7. The molecule has 4 rings (SSSR count). The minimum Gasteiger partial charge on any atom is -0.490 e. The fraction of sp³-hybridized carbons (Fsp3) is 0.174. The summed E-state index contributed by atoms with van der Waals surface area (Å²) in [6, 6.07) is 15.5. The quantitative estimate of drug-likeness (QED) is 0.458. The van der Waals surface area contributed by atoms with Gasteiger partial charge in [0, 0.05) is 35.1 Å². The molecule has 4 aromatic rings. The van der Waals surface area contributed by atoms with Gasteiger partial charge in [-0.05, 0) is 49.7 Å². The van der Waals surface area contributed by atoms with E-state index < -0.39 is 0 Å². The summed E-state index contributed by atoms with van der Waals surface area (Å²) in [7, 11) is 0. The molecule has 0 fully saturated rings. The molecule has 2 heterocycles. The highest BCUT2D eigenvalue weighted by atomic mass is 16.5. The summed E-state index contributed by atoms with van der Waals surface area (Å²) in [5.41, 5.74) is 9.67. The third kappa shape index (κ3) is 4.10. The normalized spacial score (nSPS) is 10.7. The van der Waals surface area contributed by atoms with E-state index in [0.29, 0.717) is 36.5 Å². The van der Waals surface area contributed by atoms with Crippen LogP contribution in [-0.4, -0.2) is 28.2 Å². The van der Waals surface area contributed by atoms with Crippen molar-refractivity contribution in [1.29, 1.82) is 0 Å². The van der Waals surface area contributed by atoms with Crippen LogP contribution < -0.4 is 20.5 Å². The summed E-state index contributed by atoms with van der Waals surface area (Å²) < 4.78 is 11.3. The van der Waals surface area contributed by atoms with Crippen molar-refractivity contribution in [3.63, 3.8) is 0 Å². The number of benzene rings is 2. The molecule has 7 nitrogen and oxygen atoms in total. The Labute approximate surface area is 174 Å². The number of nitrogens with zero attached hydrogens (tertiary/aromatic N) is 3. The molecular formula is C23H23N5O2. The maximum absolute atomic E-state index is 6.24. The van der Waals surface area contributed by atoms with Gasteiger partial charge in [0.15, 0.2) is 11.5 Å². The first-order chi connectivity index (χ1) is 14.7. The molecule has 2 aromatic carbocycles. The number of ether oxygens (including phenoxy) is 2. The maximum Gasteiger partial charge on any atom is 0.229 e. The average Bonchev–Trinajstić information content (AvgIpc) is 2.76. The van der Waals surface area contributed by atoms with Crippen molar-refractivity contribution in [3.8, 4) is 22.6 Å². The number of hydrogen-bond acceptors (Lipinski definition) is 7. The van der Waals surface area contributed by atoms with E-state index in [1.807, 2.05) is 62.4 Å². The number of hydrogen-bond donors (Lipinski definition) is 2. The van der Waals surface area contributed by atoms with E-state index in [1.165, 1.54) is 0 Å². The van der Waals surface area contributed by atoms with Crippen LogP contribution in [-0.2, 0) is 0 Å². The van der Waals surface area contributed by atoms with Crippen LogP contribution >= 0.6 is 0 Å². The monoisotopic (exact) mass is 401 g/mol. The Morgan fingerprint density at radius 1 is 0.933 bits per heavy atom. The number of nitrogen functional groups attached to an aromatic ring is 1. The molecular weight excluding hydrogens is 378 g/mol. The zero-order chi connectivity index (χ0) is 20.9. The summed E-state index contributed by atoms with van der Waals surface area (Å²) in [4.78, 5) is 13.2. The topological polar surface area (TPSA) is 95.2 Å². The second kappa shape index (κ2) is 8.65. The van der Waals surface area contributed by atoms with Gasteiger partial charge in [-0.3, -0.25) is 4.98 Å². The van der Waals surface area contributed by atoms with Gasteiger partial charge >= 0.3 is 0 Å². The van der Waals surface area contributed by atoms with Crippen molar-refractivity contribution < 1.29 is 9.47 Å². The molecule has 0 radical (unpaired) electrons. The summed E-state index contributed by atoms with van der Waals surface area (Å²) in [6.07, 6.45) is 3.50. The minimum absolute atomic E-state index is 0.395. The molecule has 0 aliphatic heterocycles. The number of nitrogens with two attached hydrogens (primary N) is 1. The van der Waals surface area contributed by atoms with Crippen LogP contribution in [0, 0.1) is 0 Å². The summed E-state index contributed by atoms with van der Waals surface area (Å²) >= 11 is 0. The lowest BCUT2D eigenvalue weighted by atomic mass is 10.1. The molecule has 0 spiro atoms. The van der Waals surface area contributed by atoms with E-state index >= 15 is 0 Å². The molecule has 0 bridgehead atoms. The van der Waals surface area contributed by atoms with Gasteiger partial charge in [0.1, 0.15) is 5.82 Å². The summed E-state index contributed by atoms with van der Waals surface area (Å²) in [5.74, 6) is 2.17. The SMILES string of the molecule is CCOc1ccc(Nc2ncc(-c3ccc4ncccc4c3)c(N)n2)cc1OCC. The van der Waals surface area contributed by atoms with Crippen LogP contribution in [0.1, 0.15) is 13.8 Å². The fourth-order valence-corrected chi connectivity index (χ4v) is 3.18. The summed E-state index contributed by atoms with van der Waals surface area (Å²) in [5, 5.41) is 4.21. The first-order valence-electron chi connectivity index (χ1n) is 9.82. The Morgan fingerprint density at radius 2 is 1.77 bits per heavy atom. The third-order valence-electron chi connectivity index (χ3n) is 4.53. The highest BCUT2D eigenvalue weighted by molar-refractivity contribution is 5.86. The van der Waals surface area contributed by atoms with E-state index in [-0.39, 0.29) is 0 Å². The Morgan fingerprint density at radius 3 is 2.57 bits per heavy atom. The molecule has 30 heavy (non-hydrogen) atoms. The van der Waals surface area contributed by atoms with Gasteiger partial charge in [-0.15, -0.1) is 0 Å². The van der Waals surface area contributed by atoms with E-state index in [2.05, 4.69) is 20.3 Å². The minimum atomic E-state index is 0.395. The Hall–Kier alpha value is -3.87. The first-order valence-corrected chi connectivity index (χ1v) is 9.82. The molecule has 2 aromatic heterocycles. The summed E-state index contributed by atoms with van der Waals surface area (Å²) in [6.45, 7) is 4.98. The van der Waals surface area contributed by atoms with Crippen molar-refractivity contribution in [3.05, 3.63) is 60.9 Å². The van der Waals surface area contributed by atoms with Crippen molar-refractivity contribution in [1.82, 2.24) is 15.0 Å². The van der Waals surface area contributed by atoms with Gasteiger partial charge < -0.3 is 20.5 Å². The highest BCUT2D eigenvalue weighted by Gasteiger charge is 2.10. The van der Waals surface area contributed by atoms with Crippen LogP contribution in [0.3, 0.4) is 0 Å². The van der Waals surface area contributed by atoms with Crippen LogP contribution in [0.2, 0.25) is 0 Å². The molecule has 0 saturated heterocycles. The van der Waals surface area contributed by atoms with Gasteiger partial charge in [-0.2, -0.15) is 4.98 Å². The van der Waals surface area contributed by atoms with Gasteiger partial charge in [0.05, 0.1) is 18.7 Å². The van der Waals surface area contributed by atoms with Crippen LogP contribution in [0.5, 0.6) is 11.5 Å². The average molecular weight is 401 g/mol. The van der Waals surface area contributed by atoms with Crippen molar-refractivity contribution in [2.24, 2.45) is 0 Å². The van der Waals surface area contributed by atoms with Crippen LogP contribution in [0.25, 0.3) is 22.0 Å². The lowest BCUT2D eigenvalue weighted by molar-refractivity contribution is 0.288. The standard InChI is InChI=1S/C23H23N5O2/c1-3-29-20-10-8-17(13-21(20)30-4-2)27-23-26-14-18(22(24)28-23)15-7-9-19-16(12-15)6-5-11-25-19/h5-14H,3-4H2,1-2H3,(H3,24,26,27,28). The van der Waals surface area contributed by atoms with Gasteiger partial charge in [-0.1, -0.05) is 12.1 Å². The van der Waals surface area contributed by atoms with E-state index in [1.54, 1.807) is 12.4 Å². The van der Waals surface area contributed by atoms with E-state index in [9.17, 15) is 0 Å². The molecule has 0 unspecified atom stereocenters. The predicted octanol–water partition coefficient (Wildman–Crippen LogP) is 4.82. The number of fused-ring (bicyclic) bond motifs is 1. The number of aromatic nitrogens is 3. The lowest BCUT2D eigenvalue weighted by Crippen LogP contribution is -2.03. The lowest BCUT2D eigenvalue weighted by Gasteiger charge is -2.13. The molecule has 0 aliphatic carbocycles. The van der Waals surface area contributed by atoms with Crippen molar-refractivity contribution >= 4 is 28.4 Å². The number of nitrogens with one attached hydrogen (secondary N) is 1. The Balaban J connectivity index is 1.59. The van der Waals surface area contributed by atoms with Crippen LogP contribution in [0.15, 0.2) is 60.9 Å². The second-order valence-electron chi connectivity index (χ2n) is 6.56. The van der Waals surface area contributed by atoms with Gasteiger partial charge in [0.2, 0.25) is 5.95 Å². The molecule has 0 amide bonds. The largest absolute Gasteiger partial charge is 0.490 e. The van der Waals surface area contributed by atoms with Gasteiger partial charge in [0.25, 0.3) is 0 Å². The molecule has 0 atom stereocenters. The molecule has 0 saturated carbocycles. The third-order valence-corrected chi connectivity index (χ3v) is 4.53. The van der Waals surface area contributed by atoms with Crippen LogP contribution in [0.4, 0.5) is 17.5 Å². The fourth-order valence-electron chi connectivity index (χ4n) is 3.18. The number of pyridine rings is 1. The Kier molecular flexibility index (Phi) is 5.61. The van der Waals surface area contributed by atoms with E-state index in [4.69, 9.17) is 15.2 Å². The van der Waals surface area contributed by atoms with E-state index in [0.717, 1.165) is 27.7 Å². The van der Waals surface area contributed by atoms with Crippen molar-refractivity contribution in [2.45, 2.75) is 13.8 Å². The molecule has 0 aliphatic rings. The zero-order valence-corrected chi connectivity index (χ0v) is 16.9. The zero-order valence-electron chi connectivity index (χ0n) is 16.9. The smallest absolute Gasteiger partial charge is 0.229 e. The molecule has 3 N–H and O–H groups in total. The van der Waals surface area contributed by atoms with Crippen molar-refractivity contribution in [2.75, 3.05) is 24.3 Å².